The molecule has 124 valence electrons. The molecule has 2 aromatic heterocycles. The third-order valence-electron chi connectivity index (χ3n) is 4.45. The van der Waals surface area contributed by atoms with Crippen LogP contribution < -0.4 is 10.3 Å². The number of hydrogen-bond donors (Lipinski definition) is 1. The first-order valence-corrected chi connectivity index (χ1v) is 8.06. The standard InChI is InChI=1S/C18H19N3O3/c1-11-17(12-6-3-4-7-14(12)23-2)18-19-13(15-8-5-9-24-15)10-16(22)21(18)20-11/h3-4,6-7,10,15,20H,5,8-9H2,1-2H3. The molecule has 6 heteroatoms. The number of nitrogens with zero attached hydrogens (tertiary/aromatic N) is 2. The van der Waals surface area contributed by atoms with Crippen LogP contribution in [0, 0.1) is 6.92 Å². The Hall–Kier alpha value is -2.60. The van der Waals surface area contributed by atoms with Gasteiger partial charge in [-0.2, -0.15) is 0 Å². The molecule has 0 saturated carbocycles. The summed E-state index contributed by atoms with van der Waals surface area (Å²) in [6.45, 7) is 2.65. The number of para-hydroxylation sites is 1. The van der Waals surface area contributed by atoms with Gasteiger partial charge in [0.2, 0.25) is 0 Å². The number of fused-ring (bicyclic) bond motifs is 1. The van der Waals surface area contributed by atoms with Crippen LogP contribution in [0.5, 0.6) is 5.75 Å². The highest BCUT2D eigenvalue weighted by Gasteiger charge is 2.23. The van der Waals surface area contributed by atoms with Gasteiger partial charge in [0.25, 0.3) is 5.56 Å². The Balaban J connectivity index is 1.98. The zero-order valence-electron chi connectivity index (χ0n) is 13.7. The average Bonchev–Trinajstić information content (AvgIpc) is 3.22. The summed E-state index contributed by atoms with van der Waals surface area (Å²) in [4.78, 5) is 17.3. The van der Waals surface area contributed by atoms with Crippen molar-refractivity contribution in [1.82, 2.24) is 14.6 Å². The Morgan fingerprint density at radius 1 is 1.38 bits per heavy atom. The fraction of sp³-hybridized carbons (Fsp3) is 0.333. The quantitative estimate of drug-likeness (QED) is 0.804. The van der Waals surface area contributed by atoms with E-state index in [0.29, 0.717) is 11.3 Å². The lowest BCUT2D eigenvalue weighted by Crippen LogP contribution is -2.17. The largest absolute Gasteiger partial charge is 0.496 e. The fourth-order valence-corrected chi connectivity index (χ4v) is 3.32. The summed E-state index contributed by atoms with van der Waals surface area (Å²) in [5, 5.41) is 3.11. The molecule has 0 radical (unpaired) electrons. The number of ether oxygens (including phenoxy) is 2. The fourth-order valence-electron chi connectivity index (χ4n) is 3.32. The number of H-pyrrole nitrogens is 1. The maximum Gasteiger partial charge on any atom is 0.273 e. The lowest BCUT2D eigenvalue weighted by atomic mass is 10.0. The van der Waals surface area contributed by atoms with Crippen LogP contribution in [0.3, 0.4) is 0 Å². The van der Waals surface area contributed by atoms with Gasteiger partial charge in [0.15, 0.2) is 5.65 Å². The van der Waals surface area contributed by atoms with Crippen LogP contribution in [0.25, 0.3) is 16.8 Å². The summed E-state index contributed by atoms with van der Waals surface area (Å²) < 4.78 is 12.7. The molecule has 1 saturated heterocycles. The summed E-state index contributed by atoms with van der Waals surface area (Å²) in [5.74, 6) is 0.749. The van der Waals surface area contributed by atoms with Gasteiger partial charge in [0.05, 0.1) is 24.5 Å². The lowest BCUT2D eigenvalue weighted by molar-refractivity contribution is 0.108. The summed E-state index contributed by atoms with van der Waals surface area (Å²) >= 11 is 0. The molecule has 1 N–H and O–H groups in total. The van der Waals surface area contributed by atoms with E-state index >= 15 is 0 Å². The van der Waals surface area contributed by atoms with Crippen molar-refractivity contribution < 1.29 is 9.47 Å². The van der Waals surface area contributed by atoms with Gasteiger partial charge < -0.3 is 9.47 Å². The number of aromatic amines is 1. The van der Waals surface area contributed by atoms with Crippen molar-refractivity contribution in [2.75, 3.05) is 13.7 Å². The van der Waals surface area contributed by atoms with Crippen molar-refractivity contribution >= 4 is 5.65 Å². The molecule has 1 aliphatic rings. The SMILES string of the molecule is COc1ccccc1-c1c(C)[nH]n2c(=O)cc(C3CCCO3)nc12. The van der Waals surface area contributed by atoms with Crippen molar-refractivity contribution in [2.24, 2.45) is 0 Å². The van der Waals surface area contributed by atoms with E-state index in [1.54, 1.807) is 13.2 Å². The van der Waals surface area contributed by atoms with Gasteiger partial charge in [-0.05, 0) is 25.8 Å². The highest BCUT2D eigenvalue weighted by molar-refractivity contribution is 5.83. The van der Waals surface area contributed by atoms with Crippen LogP contribution in [0.15, 0.2) is 35.1 Å². The highest BCUT2D eigenvalue weighted by Crippen LogP contribution is 2.35. The maximum absolute atomic E-state index is 12.5. The van der Waals surface area contributed by atoms with Crippen LogP contribution in [0.2, 0.25) is 0 Å². The predicted molar refractivity (Wildman–Crippen MR) is 90.5 cm³/mol. The Morgan fingerprint density at radius 2 is 2.21 bits per heavy atom. The molecule has 6 nitrogen and oxygen atoms in total. The molecule has 0 aliphatic carbocycles. The first-order valence-electron chi connectivity index (χ1n) is 8.06. The molecular formula is C18H19N3O3. The number of nitrogens with one attached hydrogen (secondary N) is 1. The minimum absolute atomic E-state index is 0.0941. The van der Waals surface area contributed by atoms with E-state index < -0.39 is 0 Å². The second kappa shape index (κ2) is 5.79. The van der Waals surface area contributed by atoms with E-state index in [4.69, 9.17) is 14.5 Å². The monoisotopic (exact) mass is 325 g/mol. The molecule has 1 fully saturated rings. The van der Waals surface area contributed by atoms with Gasteiger partial charge in [-0.25, -0.2) is 9.50 Å². The Kier molecular flexibility index (Phi) is 3.61. The molecule has 1 unspecified atom stereocenters. The average molecular weight is 325 g/mol. The second-order valence-electron chi connectivity index (χ2n) is 5.99. The molecule has 1 aromatic carbocycles. The predicted octanol–water partition coefficient (Wildman–Crippen LogP) is 2.86. The lowest BCUT2D eigenvalue weighted by Gasteiger charge is -2.10. The molecule has 0 amide bonds. The van der Waals surface area contributed by atoms with Gasteiger partial charge in [-0.1, -0.05) is 18.2 Å². The van der Waals surface area contributed by atoms with Crippen LogP contribution in [-0.4, -0.2) is 28.3 Å². The maximum atomic E-state index is 12.5. The number of hydrogen-bond acceptors (Lipinski definition) is 4. The van der Waals surface area contributed by atoms with Crippen LogP contribution in [-0.2, 0) is 4.74 Å². The first kappa shape index (κ1) is 15.0. The summed E-state index contributed by atoms with van der Waals surface area (Å²) in [7, 11) is 1.64. The van der Waals surface area contributed by atoms with E-state index in [9.17, 15) is 4.79 Å². The minimum Gasteiger partial charge on any atom is -0.496 e. The zero-order valence-corrected chi connectivity index (χ0v) is 13.7. The van der Waals surface area contributed by atoms with Gasteiger partial charge in [0, 0.05) is 23.9 Å². The Morgan fingerprint density at radius 3 is 2.96 bits per heavy atom. The third-order valence-corrected chi connectivity index (χ3v) is 4.45. The number of aryl methyl sites for hydroxylation is 1. The Bertz CT molecular complexity index is 952. The molecule has 1 aliphatic heterocycles. The molecule has 4 rings (SSSR count). The summed E-state index contributed by atoms with van der Waals surface area (Å²) in [6, 6.07) is 9.30. The minimum atomic E-state index is -0.130. The summed E-state index contributed by atoms with van der Waals surface area (Å²) in [5.41, 5.74) is 3.84. The van der Waals surface area contributed by atoms with Crippen LogP contribution >= 0.6 is 0 Å². The summed E-state index contributed by atoms with van der Waals surface area (Å²) in [6.07, 6.45) is 1.80. The van der Waals surface area contributed by atoms with E-state index in [0.717, 1.165) is 42.0 Å². The van der Waals surface area contributed by atoms with Crippen LogP contribution in [0.4, 0.5) is 0 Å². The van der Waals surface area contributed by atoms with Gasteiger partial charge in [-0.15, -0.1) is 0 Å². The number of benzene rings is 1. The number of methoxy groups -OCH3 is 1. The first-order chi connectivity index (χ1) is 11.7. The highest BCUT2D eigenvalue weighted by atomic mass is 16.5. The third kappa shape index (κ3) is 2.30. The van der Waals surface area contributed by atoms with Gasteiger partial charge in [0.1, 0.15) is 5.75 Å². The Labute approximate surface area is 139 Å². The van der Waals surface area contributed by atoms with Crippen LogP contribution in [0.1, 0.15) is 30.3 Å². The second-order valence-corrected chi connectivity index (χ2v) is 5.99. The van der Waals surface area contributed by atoms with Crippen molar-refractivity contribution in [1.29, 1.82) is 0 Å². The number of aromatic nitrogens is 3. The van der Waals surface area contributed by atoms with Gasteiger partial charge >= 0.3 is 0 Å². The zero-order chi connectivity index (χ0) is 16.7. The topological polar surface area (TPSA) is 68.6 Å². The normalized spacial score (nSPS) is 17.5. The molecule has 0 bridgehead atoms. The van der Waals surface area contributed by atoms with Crippen molar-refractivity contribution in [3.05, 3.63) is 52.1 Å². The van der Waals surface area contributed by atoms with E-state index in [2.05, 4.69) is 5.10 Å². The smallest absolute Gasteiger partial charge is 0.273 e. The van der Waals surface area contributed by atoms with Crippen molar-refractivity contribution in [3.63, 3.8) is 0 Å². The van der Waals surface area contributed by atoms with Crippen molar-refractivity contribution in [3.8, 4) is 16.9 Å². The number of rotatable bonds is 3. The van der Waals surface area contributed by atoms with E-state index in [1.165, 1.54) is 4.52 Å². The molecule has 24 heavy (non-hydrogen) atoms. The van der Waals surface area contributed by atoms with E-state index in [1.807, 2.05) is 31.2 Å². The van der Waals surface area contributed by atoms with Crippen molar-refractivity contribution in [2.45, 2.75) is 25.9 Å². The molecule has 0 spiro atoms. The molecule has 3 aromatic rings. The molecule has 3 heterocycles. The van der Waals surface area contributed by atoms with Gasteiger partial charge in [-0.3, -0.25) is 9.89 Å². The molecular weight excluding hydrogens is 306 g/mol. The molecule has 1 atom stereocenters. The van der Waals surface area contributed by atoms with E-state index in [-0.39, 0.29) is 11.7 Å².